The fourth-order valence-electron chi connectivity index (χ4n) is 4.30. The summed E-state index contributed by atoms with van der Waals surface area (Å²) in [5, 5.41) is 4.29. The number of aromatic nitrogens is 2. The Morgan fingerprint density at radius 3 is 2.67 bits per heavy atom. The minimum absolute atomic E-state index is 0.00230. The zero-order valence-corrected chi connectivity index (χ0v) is 19.2. The average molecular weight is 468 g/mol. The van der Waals surface area contributed by atoms with Gasteiger partial charge < -0.3 is 24.6 Å². The van der Waals surface area contributed by atoms with Gasteiger partial charge in [0.25, 0.3) is 0 Å². The monoisotopic (exact) mass is 467 g/mol. The number of ether oxygens (including phenoxy) is 2. The number of hydrogen-bond donors (Lipinski definition) is 1. The van der Waals surface area contributed by atoms with Crippen molar-refractivity contribution in [2.24, 2.45) is 0 Å². The number of nitrogens with zero attached hydrogens (tertiary/aromatic N) is 4. The summed E-state index contributed by atoms with van der Waals surface area (Å²) in [7, 11) is 0. The Morgan fingerprint density at radius 1 is 1.15 bits per heavy atom. The van der Waals surface area contributed by atoms with Gasteiger partial charge in [-0.15, -0.1) is 0 Å². The van der Waals surface area contributed by atoms with Crippen molar-refractivity contribution in [1.82, 2.24) is 14.9 Å². The van der Waals surface area contributed by atoms with Crippen LogP contribution in [0.15, 0.2) is 42.5 Å². The Bertz CT molecular complexity index is 1170. The summed E-state index contributed by atoms with van der Waals surface area (Å²) in [4.78, 5) is 25.9. The van der Waals surface area contributed by atoms with E-state index in [4.69, 9.17) is 31.0 Å². The molecule has 3 aromatic rings. The number of amides is 1. The van der Waals surface area contributed by atoms with Crippen molar-refractivity contribution in [2.45, 2.75) is 19.4 Å². The number of rotatable bonds is 4. The summed E-state index contributed by atoms with van der Waals surface area (Å²) < 4.78 is 11.0. The van der Waals surface area contributed by atoms with Crippen molar-refractivity contribution in [1.29, 1.82) is 0 Å². The standard InChI is InChI=1S/C24H26ClN5O3/c1-2-32-24(31)30-12-10-29(11-13-30)23-22(27-19-5-3-4-6-20(19)28-23)26-18-9-14-33-21-8-7-16(25)15-17(18)21/h3-8,15,18H,2,9-14H2,1H3,(H,26,27). The molecule has 8 nitrogen and oxygen atoms in total. The van der Waals surface area contributed by atoms with Gasteiger partial charge in [0, 0.05) is 43.2 Å². The molecule has 1 saturated heterocycles. The summed E-state index contributed by atoms with van der Waals surface area (Å²) in [6.07, 6.45) is 0.522. The smallest absolute Gasteiger partial charge is 0.409 e. The maximum absolute atomic E-state index is 12.1. The number of carbonyl (C=O) groups excluding carboxylic acids is 1. The van der Waals surface area contributed by atoms with E-state index < -0.39 is 0 Å². The average Bonchev–Trinajstić information content (AvgIpc) is 2.84. The maximum Gasteiger partial charge on any atom is 0.409 e. The van der Waals surface area contributed by atoms with E-state index in [1.807, 2.05) is 49.4 Å². The number of anilines is 2. The molecule has 0 radical (unpaired) electrons. The number of hydrogen-bond acceptors (Lipinski definition) is 7. The second kappa shape index (κ2) is 9.31. The molecule has 5 rings (SSSR count). The van der Waals surface area contributed by atoms with Crippen molar-refractivity contribution in [3.63, 3.8) is 0 Å². The maximum atomic E-state index is 12.1. The molecule has 172 valence electrons. The molecule has 3 heterocycles. The third kappa shape index (κ3) is 4.48. The van der Waals surface area contributed by atoms with Crippen LogP contribution >= 0.6 is 11.6 Å². The van der Waals surface area contributed by atoms with E-state index in [0.29, 0.717) is 44.4 Å². The lowest BCUT2D eigenvalue weighted by molar-refractivity contribution is 0.105. The van der Waals surface area contributed by atoms with Gasteiger partial charge in [-0.3, -0.25) is 0 Å². The third-order valence-corrected chi connectivity index (χ3v) is 6.21. The van der Waals surface area contributed by atoms with Gasteiger partial charge in [-0.1, -0.05) is 23.7 Å². The fourth-order valence-corrected chi connectivity index (χ4v) is 4.48. The van der Waals surface area contributed by atoms with Crippen molar-refractivity contribution < 1.29 is 14.3 Å². The minimum Gasteiger partial charge on any atom is -0.493 e. The first-order chi connectivity index (χ1) is 16.1. The molecule has 1 unspecified atom stereocenters. The fraction of sp³-hybridized carbons (Fsp3) is 0.375. The summed E-state index contributed by atoms with van der Waals surface area (Å²) in [6, 6.07) is 13.5. The summed E-state index contributed by atoms with van der Waals surface area (Å²) in [5.41, 5.74) is 2.68. The van der Waals surface area contributed by atoms with Gasteiger partial charge in [-0.2, -0.15) is 0 Å². The number of fused-ring (bicyclic) bond motifs is 2. The van der Waals surface area contributed by atoms with Gasteiger partial charge in [-0.05, 0) is 37.3 Å². The van der Waals surface area contributed by atoms with Gasteiger partial charge in [0.2, 0.25) is 0 Å². The second-order valence-corrected chi connectivity index (χ2v) is 8.51. The quantitative estimate of drug-likeness (QED) is 0.605. The van der Waals surface area contributed by atoms with Crippen LogP contribution in [0.3, 0.4) is 0 Å². The normalized spacial score (nSPS) is 17.9. The summed E-state index contributed by atoms with van der Waals surface area (Å²) in [6.45, 7) is 5.25. The van der Waals surface area contributed by atoms with E-state index in [0.717, 1.165) is 40.4 Å². The molecule has 0 saturated carbocycles. The lowest BCUT2D eigenvalue weighted by Gasteiger charge is -2.36. The van der Waals surface area contributed by atoms with Crippen LogP contribution < -0.4 is 15.0 Å². The highest BCUT2D eigenvalue weighted by Gasteiger charge is 2.28. The van der Waals surface area contributed by atoms with Gasteiger partial charge in [0.1, 0.15) is 5.75 Å². The number of halogens is 1. The van der Waals surface area contributed by atoms with Crippen LogP contribution in [0.4, 0.5) is 16.4 Å². The number of benzene rings is 2. The number of piperazine rings is 1. The molecule has 0 spiro atoms. The topological polar surface area (TPSA) is 79.8 Å². The lowest BCUT2D eigenvalue weighted by Crippen LogP contribution is -2.49. The highest BCUT2D eigenvalue weighted by molar-refractivity contribution is 6.30. The second-order valence-electron chi connectivity index (χ2n) is 8.07. The van der Waals surface area contributed by atoms with Crippen LogP contribution in [0.2, 0.25) is 5.02 Å². The zero-order chi connectivity index (χ0) is 22.8. The van der Waals surface area contributed by atoms with Gasteiger partial charge in [-0.25, -0.2) is 14.8 Å². The molecule has 1 amide bonds. The molecule has 33 heavy (non-hydrogen) atoms. The van der Waals surface area contributed by atoms with Crippen molar-refractivity contribution in [3.8, 4) is 5.75 Å². The third-order valence-electron chi connectivity index (χ3n) is 5.98. The van der Waals surface area contributed by atoms with Gasteiger partial charge in [0.05, 0.1) is 30.3 Å². The number of carbonyl (C=O) groups is 1. The molecule has 1 atom stereocenters. The molecule has 1 fully saturated rings. The number of para-hydroxylation sites is 2. The first-order valence-corrected chi connectivity index (χ1v) is 11.6. The van der Waals surface area contributed by atoms with E-state index in [9.17, 15) is 4.79 Å². The predicted octanol–water partition coefficient (Wildman–Crippen LogP) is 4.50. The molecule has 2 aromatic carbocycles. The molecule has 0 bridgehead atoms. The van der Waals surface area contributed by atoms with Crippen molar-refractivity contribution in [3.05, 3.63) is 53.1 Å². The van der Waals surface area contributed by atoms with E-state index in [-0.39, 0.29) is 12.1 Å². The zero-order valence-electron chi connectivity index (χ0n) is 18.5. The van der Waals surface area contributed by atoms with E-state index in [1.54, 1.807) is 4.90 Å². The van der Waals surface area contributed by atoms with Crippen molar-refractivity contribution in [2.75, 3.05) is 49.6 Å². The molecule has 1 N–H and O–H groups in total. The van der Waals surface area contributed by atoms with Gasteiger partial charge >= 0.3 is 6.09 Å². The summed E-state index contributed by atoms with van der Waals surface area (Å²) >= 11 is 6.28. The Morgan fingerprint density at radius 2 is 1.91 bits per heavy atom. The highest BCUT2D eigenvalue weighted by atomic mass is 35.5. The first-order valence-electron chi connectivity index (χ1n) is 11.2. The van der Waals surface area contributed by atoms with E-state index >= 15 is 0 Å². The van der Waals surface area contributed by atoms with E-state index in [1.165, 1.54) is 0 Å². The molecule has 9 heteroatoms. The molecular formula is C24H26ClN5O3. The Labute approximate surface area is 197 Å². The van der Waals surface area contributed by atoms with Crippen LogP contribution in [0.25, 0.3) is 11.0 Å². The van der Waals surface area contributed by atoms with Crippen molar-refractivity contribution >= 4 is 40.4 Å². The van der Waals surface area contributed by atoms with Crippen LogP contribution in [0.5, 0.6) is 5.75 Å². The Kier molecular flexibility index (Phi) is 6.09. The van der Waals surface area contributed by atoms with E-state index in [2.05, 4.69) is 10.2 Å². The first kappa shape index (κ1) is 21.6. The minimum atomic E-state index is -0.268. The Balaban J connectivity index is 1.45. The predicted molar refractivity (Wildman–Crippen MR) is 128 cm³/mol. The molecule has 2 aliphatic heterocycles. The summed E-state index contributed by atoms with van der Waals surface area (Å²) in [5.74, 6) is 2.34. The van der Waals surface area contributed by atoms with Crippen LogP contribution in [-0.2, 0) is 4.74 Å². The molecule has 0 aliphatic carbocycles. The van der Waals surface area contributed by atoms with Crippen LogP contribution in [0.1, 0.15) is 24.9 Å². The molecule has 1 aromatic heterocycles. The molecular weight excluding hydrogens is 442 g/mol. The lowest BCUT2D eigenvalue weighted by atomic mass is 10.0. The number of nitrogens with one attached hydrogen (secondary N) is 1. The highest BCUT2D eigenvalue weighted by Crippen LogP contribution is 2.37. The SMILES string of the molecule is CCOC(=O)N1CCN(c2nc3ccccc3nc2NC2CCOc3ccc(Cl)cc32)CC1. The largest absolute Gasteiger partial charge is 0.493 e. The van der Waals surface area contributed by atoms with Crippen LogP contribution in [0, 0.1) is 0 Å². The molecule has 2 aliphatic rings. The Hall–Kier alpha value is -3.26. The van der Waals surface area contributed by atoms with Gasteiger partial charge in [0.15, 0.2) is 11.6 Å². The van der Waals surface area contributed by atoms with Crippen LogP contribution in [-0.4, -0.2) is 60.4 Å².